The molecule has 8 heteroatoms. The predicted octanol–water partition coefficient (Wildman–Crippen LogP) is 1.38. The fourth-order valence-electron chi connectivity index (χ4n) is 2.98. The van der Waals surface area contributed by atoms with E-state index in [1.165, 1.54) is 11.3 Å². The molecule has 0 aromatic carbocycles. The van der Waals surface area contributed by atoms with Crippen molar-refractivity contribution < 1.29 is 14.4 Å². The van der Waals surface area contributed by atoms with Gasteiger partial charge in [0.2, 0.25) is 22.9 Å². The Labute approximate surface area is 137 Å². The molecule has 0 saturated carbocycles. The highest BCUT2D eigenvalue weighted by atomic mass is 32.1. The fourth-order valence-corrected chi connectivity index (χ4v) is 3.66. The molecule has 0 bridgehead atoms. The van der Waals surface area contributed by atoms with E-state index in [1.54, 1.807) is 6.92 Å². The minimum Gasteiger partial charge on any atom is -0.299 e. The summed E-state index contributed by atoms with van der Waals surface area (Å²) in [7, 11) is 0. The van der Waals surface area contributed by atoms with Crippen LogP contribution in [0.1, 0.15) is 31.7 Å². The third-order valence-corrected chi connectivity index (χ3v) is 5.29. The molecule has 122 valence electrons. The summed E-state index contributed by atoms with van der Waals surface area (Å²) in [4.78, 5) is 38.4. The average Bonchev–Trinajstić information content (AvgIpc) is 3.11. The molecular formula is C15H18N4O3S. The normalized spacial score (nSPS) is 24.7. The Balaban J connectivity index is 1.72. The summed E-state index contributed by atoms with van der Waals surface area (Å²) in [5, 5.41) is 11.7. The van der Waals surface area contributed by atoms with E-state index in [9.17, 15) is 14.4 Å². The average molecular weight is 334 g/mol. The van der Waals surface area contributed by atoms with E-state index in [1.807, 2.05) is 19.1 Å². The molecule has 1 fully saturated rings. The molecule has 1 aromatic rings. The van der Waals surface area contributed by atoms with Crippen LogP contribution in [0, 0.1) is 11.8 Å². The second-order valence-electron chi connectivity index (χ2n) is 5.72. The maximum Gasteiger partial charge on any atom is 0.249 e. The summed E-state index contributed by atoms with van der Waals surface area (Å²) in [6, 6.07) is -0.852. The zero-order valence-corrected chi connectivity index (χ0v) is 13.8. The van der Waals surface area contributed by atoms with Crippen molar-refractivity contribution in [3.8, 4) is 0 Å². The highest BCUT2D eigenvalue weighted by Crippen LogP contribution is 2.36. The van der Waals surface area contributed by atoms with E-state index in [-0.39, 0.29) is 23.7 Å². The number of allylic oxidation sites excluding steroid dienone is 2. The molecule has 1 aliphatic carbocycles. The first kappa shape index (κ1) is 15.8. The lowest BCUT2D eigenvalue weighted by Crippen LogP contribution is -2.46. The number of carbonyl (C=O) groups is 3. The van der Waals surface area contributed by atoms with E-state index < -0.39 is 11.9 Å². The minimum absolute atomic E-state index is 0.251. The Kier molecular flexibility index (Phi) is 4.25. The van der Waals surface area contributed by atoms with E-state index in [0.717, 1.165) is 16.3 Å². The molecule has 0 spiro atoms. The van der Waals surface area contributed by atoms with E-state index >= 15 is 0 Å². The number of likely N-dealkylation sites (tertiary alicyclic amines) is 1. The predicted molar refractivity (Wildman–Crippen MR) is 84.6 cm³/mol. The van der Waals surface area contributed by atoms with Crippen molar-refractivity contribution in [3.63, 3.8) is 0 Å². The number of aryl methyl sites for hydroxylation is 1. The van der Waals surface area contributed by atoms with Gasteiger partial charge >= 0.3 is 0 Å². The maximum absolute atomic E-state index is 12.5. The van der Waals surface area contributed by atoms with E-state index in [2.05, 4.69) is 15.5 Å². The van der Waals surface area contributed by atoms with Gasteiger partial charge in [0.25, 0.3) is 0 Å². The molecule has 1 aromatic heterocycles. The lowest BCUT2D eigenvalue weighted by molar-refractivity contribution is -0.146. The van der Waals surface area contributed by atoms with Gasteiger partial charge in [-0.1, -0.05) is 30.4 Å². The number of hydrogen-bond acceptors (Lipinski definition) is 6. The minimum atomic E-state index is -0.852. The highest BCUT2D eigenvalue weighted by molar-refractivity contribution is 7.15. The van der Waals surface area contributed by atoms with Crippen LogP contribution in [0.3, 0.4) is 0 Å². The number of nitrogens with one attached hydrogen (secondary N) is 1. The van der Waals surface area contributed by atoms with Crippen LogP contribution in [-0.2, 0) is 20.8 Å². The summed E-state index contributed by atoms with van der Waals surface area (Å²) >= 11 is 1.29. The van der Waals surface area contributed by atoms with Gasteiger partial charge in [0, 0.05) is 0 Å². The van der Waals surface area contributed by atoms with Gasteiger partial charge in [-0.2, -0.15) is 0 Å². The zero-order valence-electron chi connectivity index (χ0n) is 13.0. The van der Waals surface area contributed by atoms with Crippen LogP contribution in [-0.4, -0.2) is 38.9 Å². The van der Waals surface area contributed by atoms with Crippen LogP contribution in [0.2, 0.25) is 0 Å². The third-order valence-electron chi connectivity index (χ3n) is 4.31. The number of rotatable bonds is 4. The van der Waals surface area contributed by atoms with E-state index in [4.69, 9.17) is 0 Å². The fraction of sp³-hybridized carbons (Fsp3) is 0.533. The van der Waals surface area contributed by atoms with Gasteiger partial charge in [-0.15, -0.1) is 10.2 Å². The number of aromatic nitrogens is 2. The lowest BCUT2D eigenvalue weighted by atomic mass is 9.85. The van der Waals surface area contributed by atoms with Crippen molar-refractivity contribution in [3.05, 3.63) is 17.2 Å². The Morgan fingerprint density at radius 3 is 2.43 bits per heavy atom. The first-order valence-corrected chi connectivity index (χ1v) is 8.49. The molecular weight excluding hydrogens is 316 g/mol. The third kappa shape index (κ3) is 2.78. The first-order chi connectivity index (χ1) is 11.0. The molecule has 23 heavy (non-hydrogen) atoms. The number of imide groups is 1. The van der Waals surface area contributed by atoms with Gasteiger partial charge in [0.05, 0.1) is 11.8 Å². The van der Waals surface area contributed by atoms with Crippen LogP contribution >= 0.6 is 11.3 Å². The van der Waals surface area contributed by atoms with Crippen molar-refractivity contribution in [1.29, 1.82) is 0 Å². The van der Waals surface area contributed by atoms with Crippen molar-refractivity contribution in [2.75, 3.05) is 5.32 Å². The van der Waals surface area contributed by atoms with Gasteiger partial charge < -0.3 is 0 Å². The topological polar surface area (TPSA) is 92.3 Å². The summed E-state index contributed by atoms with van der Waals surface area (Å²) in [5.41, 5.74) is 0. The van der Waals surface area contributed by atoms with Gasteiger partial charge in [0.15, 0.2) is 0 Å². The molecule has 1 N–H and O–H groups in total. The summed E-state index contributed by atoms with van der Waals surface area (Å²) in [6.07, 6.45) is 5.72. The molecule has 1 aliphatic heterocycles. The van der Waals surface area contributed by atoms with Gasteiger partial charge in [-0.25, -0.2) is 0 Å². The van der Waals surface area contributed by atoms with Crippen LogP contribution in [0.5, 0.6) is 0 Å². The number of hydrogen-bond donors (Lipinski definition) is 1. The van der Waals surface area contributed by atoms with Crippen LogP contribution in [0.25, 0.3) is 0 Å². The number of carbonyl (C=O) groups excluding carboxylic acids is 3. The molecule has 0 unspecified atom stereocenters. The van der Waals surface area contributed by atoms with E-state index in [0.29, 0.717) is 18.0 Å². The SMILES string of the molecule is CCc1nnc(NC(=O)[C@H](C)N2C(=O)[C@H]3CC=CC[C@H]3C2=O)s1. The summed E-state index contributed by atoms with van der Waals surface area (Å²) < 4.78 is 0. The molecule has 1 saturated heterocycles. The van der Waals surface area contributed by atoms with Gasteiger partial charge in [-0.05, 0) is 26.2 Å². The van der Waals surface area contributed by atoms with Crippen molar-refractivity contribution in [2.45, 2.75) is 39.2 Å². The maximum atomic E-state index is 12.5. The number of anilines is 1. The van der Waals surface area contributed by atoms with Crippen molar-refractivity contribution in [2.24, 2.45) is 11.8 Å². The number of fused-ring (bicyclic) bond motifs is 1. The second-order valence-corrected chi connectivity index (χ2v) is 6.78. The highest BCUT2D eigenvalue weighted by Gasteiger charge is 2.50. The quantitative estimate of drug-likeness (QED) is 0.663. The zero-order chi connectivity index (χ0) is 16.6. The Hall–Kier alpha value is -2.09. The Bertz CT molecular complexity index is 658. The van der Waals surface area contributed by atoms with Crippen molar-refractivity contribution >= 4 is 34.2 Å². The second kappa shape index (κ2) is 6.19. The Morgan fingerprint density at radius 2 is 1.91 bits per heavy atom. The van der Waals surface area contributed by atoms with Crippen LogP contribution < -0.4 is 5.32 Å². The molecule has 3 amide bonds. The summed E-state index contributed by atoms with van der Waals surface area (Å²) in [5.74, 6) is -1.57. The largest absolute Gasteiger partial charge is 0.299 e. The molecule has 0 radical (unpaired) electrons. The molecule has 7 nitrogen and oxygen atoms in total. The molecule has 3 rings (SSSR count). The van der Waals surface area contributed by atoms with Crippen molar-refractivity contribution in [1.82, 2.24) is 15.1 Å². The molecule has 2 aliphatic rings. The standard InChI is InChI=1S/C15H18N4O3S/c1-3-11-17-18-15(23-11)16-12(20)8(2)19-13(21)9-6-4-5-7-10(9)14(19)22/h4-5,8-10H,3,6-7H2,1-2H3,(H,16,18,20)/t8-,9-,10+/m0/s1. The van der Waals surface area contributed by atoms with Gasteiger partial charge in [0.1, 0.15) is 11.0 Å². The molecule has 2 heterocycles. The molecule has 3 atom stereocenters. The first-order valence-electron chi connectivity index (χ1n) is 7.68. The number of amides is 3. The summed E-state index contributed by atoms with van der Waals surface area (Å²) in [6.45, 7) is 3.52. The van der Waals surface area contributed by atoms with Crippen LogP contribution in [0.15, 0.2) is 12.2 Å². The van der Waals surface area contributed by atoms with Crippen LogP contribution in [0.4, 0.5) is 5.13 Å². The number of nitrogens with zero attached hydrogens (tertiary/aromatic N) is 3. The van der Waals surface area contributed by atoms with Gasteiger partial charge in [-0.3, -0.25) is 24.6 Å². The Morgan fingerprint density at radius 1 is 1.30 bits per heavy atom. The smallest absolute Gasteiger partial charge is 0.249 e. The lowest BCUT2D eigenvalue weighted by Gasteiger charge is -2.21. The monoisotopic (exact) mass is 334 g/mol.